The summed E-state index contributed by atoms with van der Waals surface area (Å²) in [6, 6.07) is 0.152. The predicted molar refractivity (Wildman–Crippen MR) is 38.7 cm³/mol. The molecule has 0 aromatic rings. The molecule has 0 amide bonds. The quantitative estimate of drug-likeness (QED) is 0.501. The highest BCUT2D eigenvalue weighted by atomic mass is 16.3. The third kappa shape index (κ3) is 1.31. The average Bonchev–Trinajstić information content (AvgIpc) is 1.96. The van der Waals surface area contributed by atoms with Gasteiger partial charge in [-0.1, -0.05) is 13.3 Å². The predicted octanol–water partition coefficient (Wildman–Crippen LogP) is -0.520. The van der Waals surface area contributed by atoms with E-state index >= 15 is 0 Å². The van der Waals surface area contributed by atoms with Gasteiger partial charge in [-0.05, 0) is 6.42 Å². The molecule has 1 heterocycles. The lowest BCUT2D eigenvalue weighted by Crippen LogP contribution is -2.66. The van der Waals surface area contributed by atoms with Crippen LogP contribution in [0.25, 0.3) is 0 Å². The first-order valence-corrected chi connectivity index (χ1v) is 3.84. The number of rotatable bonds is 3. The van der Waals surface area contributed by atoms with Crippen molar-refractivity contribution in [2.45, 2.75) is 38.0 Å². The van der Waals surface area contributed by atoms with E-state index in [1.165, 1.54) is 0 Å². The van der Waals surface area contributed by atoms with Crippen LogP contribution in [0.5, 0.6) is 0 Å². The van der Waals surface area contributed by atoms with Crippen LogP contribution >= 0.6 is 0 Å². The number of nitrogens with one attached hydrogen (secondary N) is 1. The summed E-state index contributed by atoms with van der Waals surface area (Å²) in [4.78, 5) is 0. The van der Waals surface area contributed by atoms with Gasteiger partial charge in [-0.15, -0.1) is 0 Å². The molecule has 0 unspecified atom stereocenters. The van der Waals surface area contributed by atoms with Gasteiger partial charge in [-0.3, -0.25) is 0 Å². The smallest absolute Gasteiger partial charge is 0.0868 e. The Bertz CT molecular complexity index is 108. The minimum Gasteiger partial charge on any atom is -0.395 e. The Kier molecular flexibility index (Phi) is 2.65. The molecule has 1 aliphatic rings. The molecule has 1 fully saturated rings. The van der Waals surface area contributed by atoms with Gasteiger partial charge >= 0.3 is 0 Å². The van der Waals surface area contributed by atoms with Crippen molar-refractivity contribution in [1.29, 1.82) is 0 Å². The molecule has 0 saturated carbocycles. The molecule has 10 heavy (non-hydrogen) atoms. The molecule has 0 spiro atoms. The van der Waals surface area contributed by atoms with Crippen molar-refractivity contribution < 1.29 is 10.2 Å². The van der Waals surface area contributed by atoms with Crippen LogP contribution in [-0.2, 0) is 0 Å². The van der Waals surface area contributed by atoms with Crippen molar-refractivity contribution in [3.05, 3.63) is 0 Å². The molecule has 60 valence electrons. The Morgan fingerprint density at radius 2 is 2.10 bits per heavy atom. The molecule has 0 aliphatic carbocycles. The molecule has 3 N–H and O–H groups in total. The van der Waals surface area contributed by atoms with Crippen LogP contribution in [0.3, 0.4) is 0 Å². The van der Waals surface area contributed by atoms with Crippen molar-refractivity contribution >= 4 is 0 Å². The van der Waals surface area contributed by atoms with E-state index in [0.717, 1.165) is 12.8 Å². The van der Waals surface area contributed by atoms with Gasteiger partial charge in [0, 0.05) is 6.04 Å². The van der Waals surface area contributed by atoms with Crippen LogP contribution in [0.15, 0.2) is 0 Å². The second-order valence-corrected chi connectivity index (χ2v) is 2.84. The topological polar surface area (TPSA) is 52.5 Å². The van der Waals surface area contributed by atoms with Gasteiger partial charge in [-0.25, -0.2) is 0 Å². The molecule has 1 aliphatic heterocycles. The molecule has 3 nitrogen and oxygen atoms in total. The van der Waals surface area contributed by atoms with Gasteiger partial charge < -0.3 is 15.5 Å². The summed E-state index contributed by atoms with van der Waals surface area (Å²) in [5.74, 6) is 0. The Balaban J connectivity index is 2.18. The van der Waals surface area contributed by atoms with Crippen molar-refractivity contribution in [1.82, 2.24) is 5.32 Å². The van der Waals surface area contributed by atoms with Gasteiger partial charge in [0.1, 0.15) is 0 Å². The Morgan fingerprint density at radius 3 is 2.50 bits per heavy atom. The maximum atomic E-state index is 9.28. The Labute approximate surface area is 61.1 Å². The largest absolute Gasteiger partial charge is 0.395 e. The number of aliphatic hydroxyl groups excluding tert-OH is 2. The molecule has 1 saturated heterocycles. The third-order valence-electron chi connectivity index (χ3n) is 2.05. The normalized spacial score (nSPS) is 39.3. The molecule has 3 heteroatoms. The van der Waals surface area contributed by atoms with Gasteiger partial charge in [-0.2, -0.15) is 0 Å². The Morgan fingerprint density at radius 1 is 1.40 bits per heavy atom. The van der Waals surface area contributed by atoms with E-state index in [1.54, 1.807) is 0 Å². The second kappa shape index (κ2) is 3.32. The average molecular weight is 145 g/mol. The lowest BCUT2D eigenvalue weighted by Gasteiger charge is -2.41. The first kappa shape index (κ1) is 7.98. The SMILES string of the molecule is CCC[C@H]1N[C@@H](CO)[C@H]1O. The summed E-state index contributed by atoms with van der Waals surface area (Å²) in [6.07, 6.45) is 1.75. The van der Waals surface area contributed by atoms with Crippen LogP contribution in [0.1, 0.15) is 19.8 Å². The first-order chi connectivity index (χ1) is 4.79. The van der Waals surface area contributed by atoms with Gasteiger partial charge in [0.15, 0.2) is 0 Å². The maximum absolute atomic E-state index is 9.28. The Hall–Kier alpha value is -0.120. The molecule has 0 aromatic heterocycles. The van der Waals surface area contributed by atoms with E-state index in [2.05, 4.69) is 12.2 Å². The van der Waals surface area contributed by atoms with E-state index in [9.17, 15) is 5.11 Å². The van der Waals surface area contributed by atoms with Gasteiger partial charge in [0.05, 0.1) is 18.8 Å². The highest BCUT2D eigenvalue weighted by Crippen LogP contribution is 2.16. The lowest BCUT2D eigenvalue weighted by atomic mass is 9.90. The zero-order valence-electron chi connectivity index (χ0n) is 6.25. The van der Waals surface area contributed by atoms with Crippen molar-refractivity contribution in [2.75, 3.05) is 6.61 Å². The molecule has 0 bridgehead atoms. The van der Waals surface area contributed by atoms with Crippen LogP contribution in [0.2, 0.25) is 0 Å². The molecule has 0 aromatic carbocycles. The summed E-state index contributed by atoms with van der Waals surface area (Å²) in [5.41, 5.74) is 0. The summed E-state index contributed by atoms with van der Waals surface area (Å²) < 4.78 is 0. The van der Waals surface area contributed by atoms with E-state index in [-0.39, 0.29) is 24.8 Å². The number of hydrogen-bond donors (Lipinski definition) is 3. The highest BCUT2D eigenvalue weighted by Gasteiger charge is 2.37. The molecule has 3 atom stereocenters. The summed E-state index contributed by atoms with van der Waals surface area (Å²) in [5, 5.41) is 21.0. The van der Waals surface area contributed by atoms with Crippen molar-refractivity contribution in [3.8, 4) is 0 Å². The standard InChI is InChI=1S/C7H15NO2/c1-2-3-5-7(10)6(4-9)8-5/h5-10H,2-4H2,1H3/t5-,6+,7+/m1/s1. The van der Waals surface area contributed by atoms with Crippen molar-refractivity contribution in [2.24, 2.45) is 0 Å². The third-order valence-corrected chi connectivity index (χ3v) is 2.05. The van der Waals surface area contributed by atoms with Gasteiger partial charge in [0.2, 0.25) is 0 Å². The van der Waals surface area contributed by atoms with E-state index in [1.807, 2.05) is 0 Å². The summed E-state index contributed by atoms with van der Waals surface area (Å²) >= 11 is 0. The minimum absolute atomic E-state index is 0.0430. The van der Waals surface area contributed by atoms with Crippen LogP contribution in [-0.4, -0.2) is 35.0 Å². The van der Waals surface area contributed by atoms with Crippen molar-refractivity contribution in [3.63, 3.8) is 0 Å². The zero-order valence-corrected chi connectivity index (χ0v) is 6.25. The van der Waals surface area contributed by atoms with Crippen LogP contribution in [0.4, 0.5) is 0 Å². The molecule has 1 rings (SSSR count). The zero-order chi connectivity index (χ0) is 7.56. The maximum Gasteiger partial charge on any atom is 0.0868 e. The van der Waals surface area contributed by atoms with E-state index < -0.39 is 0 Å². The number of hydrogen-bond acceptors (Lipinski definition) is 3. The van der Waals surface area contributed by atoms with Crippen LogP contribution in [0, 0.1) is 0 Å². The lowest BCUT2D eigenvalue weighted by molar-refractivity contribution is -0.0186. The highest BCUT2D eigenvalue weighted by molar-refractivity contribution is 4.97. The fourth-order valence-corrected chi connectivity index (χ4v) is 1.36. The van der Waals surface area contributed by atoms with Gasteiger partial charge in [0.25, 0.3) is 0 Å². The minimum atomic E-state index is -0.329. The molecular weight excluding hydrogens is 130 g/mol. The molecular formula is C7H15NO2. The number of aliphatic hydroxyl groups is 2. The van der Waals surface area contributed by atoms with E-state index in [0.29, 0.717) is 0 Å². The summed E-state index contributed by atoms with van der Waals surface area (Å²) in [7, 11) is 0. The molecule has 0 radical (unpaired) electrons. The van der Waals surface area contributed by atoms with Crippen LogP contribution < -0.4 is 5.32 Å². The monoisotopic (exact) mass is 145 g/mol. The summed E-state index contributed by atoms with van der Waals surface area (Å²) in [6.45, 7) is 2.13. The second-order valence-electron chi connectivity index (χ2n) is 2.84. The fraction of sp³-hybridized carbons (Fsp3) is 1.00. The van der Waals surface area contributed by atoms with E-state index in [4.69, 9.17) is 5.11 Å². The fourth-order valence-electron chi connectivity index (χ4n) is 1.36. The first-order valence-electron chi connectivity index (χ1n) is 3.84.